The largest absolute Gasteiger partial charge is 0.337 e. The van der Waals surface area contributed by atoms with Crippen molar-refractivity contribution in [2.24, 2.45) is 5.41 Å². The number of hydrogen-bond donors (Lipinski definition) is 1. The number of amides is 4. The van der Waals surface area contributed by atoms with Crippen molar-refractivity contribution in [1.82, 2.24) is 20.0 Å². The molecule has 1 saturated carbocycles. The average molecular weight is 393 g/mol. The summed E-state index contributed by atoms with van der Waals surface area (Å²) in [6, 6.07) is -0.0323. The van der Waals surface area contributed by atoms with Crippen LogP contribution < -0.4 is 5.32 Å². The molecule has 3 rings (SSSR count). The maximum absolute atomic E-state index is 13.0. The fourth-order valence-electron chi connectivity index (χ4n) is 4.55. The molecule has 1 atom stereocenters. The second kappa shape index (κ2) is 8.70. The van der Waals surface area contributed by atoms with Crippen molar-refractivity contribution >= 4 is 17.8 Å². The van der Waals surface area contributed by atoms with Gasteiger partial charge in [0.05, 0.1) is 0 Å². The van der Waals surface area contributed by atoms with Crippen LogP contribution in [-0.4, -0.2) is 77.4 Å². The van der Waals surface area contributed by atoms with Crippen LogP contribution in [0.1, 0.15) is 65.7 Å². The van der Waals surface area contributed by atoms with E-state index in [2.05, 4.69) is 5.32 Å². The van der Waals surface area contributed by atoms with Gasteiger partial charge in [0.2, 0.25) is 11.8 Å². The van der Waals surface area contributed by atoms with Crippen LogP contribution in [0.3, 0.4) is 0 Å². The quantitative estimate of drug-likeness (QED) is 0.783. The number of rotatable bonds is 2. The molecular formula is C21H36N4O3. The van der Waals surface area contributed by atoms with Gasteiger partial charge in [-0.1, -0.05) is 40.0 Å². The standard InChI is InChI=1S/C21H36N4O3/c1-21(2,3)19(27)25-11-7-10-17(25)18(26)23-12-14-24(15-13-23)20(28)22-16-8-5-4-6-9-16/h16-17H,4-15H2,1-3H3,(H,22,28). The van der Waals surface area contributed by atoms with Crippen LogP contribution >= 0.6 is 0 Å². The number of nitrogens with one attached hydrogen (secondary N) is 1. The van der Waals surface area contributed by atoms with Crippen molar-refractivity contribution in [3.8, 4) is 0 Å². The molecule has 1 aliphatic carbocycles. The van der Waals surface area contributed by atoms with Crippen LogP contribution in [0.5, 0.6) is 0 Å². The maximum Gasteiger partial charge on any atom is 0.317 e. The Hall–Kier alpha value is -1.79. The van der Waals surface area contributed by atoms with E-state index in [1.54, 1.807) is 4.90 Å². The number of carbonyl (C=O) groups excluding carboxylic acids is 3. The number of hydrogen-bond acceptors (Lipinski definition) is 3. The Bertz CT molecular complexity index is 587. The molecule has 0 spiro atoms. The second-order valence-electron chi connectivity index (χ2n) is 9.50. The summed E-state index contributed by atoms with van der Waals surface area (Å²) in [5.41, 5.74) is -0.473. The molecule has 4 amide bonds. The zero-order valence-electron chi connectivity index (χ0n) is 17.7. The van der Waals surface area contributed by atoms with Crippen molar-refractivity contribution in [3.63, 3.8) is 0 Å². The van der Waals surface area contributed by atoms with E-state index >= 15 is 0 Å². The highest BCUT2D eigenvalue weighted by atomic mass is 16.2. The highest BCUT2D eigenvalue weighted by Crippen LogP contribution is 2.27. The van der Waals surface area contributed by atoms with Crippen molar-refractivity contribution in [3.05, 3.63) is 0 Å². The van der Waals surface area contributed by atoms with Gasteiger partial charge in [-0.15, -0.1) is 0 Å². The molecule has 0 bridgehead atoms. The van der Waals surface area contributed by atoms with Gasteiger partial charge in [-0.2, -0.15) is 0 Å². The first kappa shape index (κ1) is 20.9. The smallest absolute Gasteiger partial charge is 0.317 e. The lowest BCUT2D eigenvalue weighted by Gasteiger charge is -2.38. The van der Waals surface area contributed by atoms with Crippen molar-refractivity contribution in [2.45, 2.75) is 77.8 Å². The summed E-state index contributed by atoms with van der Waals surface area (Å²) in [5.74, 6) is 0.0938. The number of urea groups is 1. The first-order valence-corrected chi connectivity index (χ1v) is 10.9. The molecule has 158 valence electrons. The van der Waals surface area contributed by atoms with E-state index in [-0.39, 0.29) is 23.9 Å². The summed E-state index contributed by atoms with van der Waals surface area (Å²) in [5, 5.41) is 3.16. The molecule has 2 aliphatic heterocycles. The van der Waals surface area contributed by atoms with Gasteiger partial charge in [0.1, 0.15) is 6.04 Å². The molecule has 0 aromatic rings. The first-order valence-electron chi connectivity index (χ1n) is 10.9. The highest BCUT2D eigenvalue weighted by molar-refractivity contribution is 5.90. The van der Waals surface area contributed by atoms with E-state index in [0.717, 1.165) is 25.7 Å². The average Bonchev–Trinajstić information content (AvgIpc) is 3.16. The Morgan fingerprint density at radius 2 is 1.39 bits per heavy atom. The Balaban J connectivity index is 1.50. The zero-order valence-corrected chi connectivity index (χ0v) is 17.7. The fourth-order valence-corrected chi connectivity index (χ4v) is 4.55. The van der Waals surface area contributed by atoms with E-state index < -0.39 is 5.41 Å². The molecular weight excluding hydrogens is 356 g/mol. The third-order valence-electron chi connectivity index (χ3n) is 6.25. The van der Waals surface area contributed by atoms with Gasteiger partial charge >= 0.3 is 6.03 Å². The molecule has 7 nitrogen and oxygen atoms in total. The minimum absolute atomic E-state index is 0.00408. The van der Waals surface area contributed by atoms with Gasteiger partial charge in [-0.3, -0.25) is 9.59 Å². The molecule has 1 N–H and O–H groups in total. The molecule has 7 heteroatoms. The number of carbonyl (C=O) groups is 3. The second-order valence-corrected chi connectivity index (χ2v) is 9.50. The van der Waals surface area contributed by atoms with Gasteiger partial charge in [-0.05, 0) is 25.7 Å². The van der Waals surface area contributed by atoms with Gasteiger partial charge in [0.15, 0.2) is 0 Å². The SMILES string of the molecule is CC(C)(C)C(=O)N1CCCC1C(=O)N1CCN(C(=O)NC2CCCCC2)CC1. The Labute approximate surface area is 168 Å². The van der Waals surface area contributed by atoms with Crippen molar-refractivity contribution in [2.75, 3.05) is 32.7 Å². The third kappa shape index (κ3) is 4.78. The molecule has 0 radical (unpaired) electrons. The lowest BCUT2D eigenvalue weighted by Crippen LogP contribution is -2.58. The molecule has 2 saturated heterocycles. The Kier molecular flexibility index (Phi) is 6.50. The number of likely N-dealkylation sites (tertiary alicyclic amines) is 1. The van der Waals surface area contributed by atoms with E-state index in [9.17, 15) is 14.4 Å². The third-order valence-corrected chi connectivity index (χ3v) is 6.25. The molecule has 0 aromatic carbocycles. The summed E-state index contributed by atoms with van der Waals surface area (Å²) in [6.07, 6.45) is 7.41. The molecule has 3 aliphatic rings. The Morgan fingerprint density at radius 1 is 0.786 bits per heavy atom. The zero-order chi connectivity index (χ0) is 20.3. The van der Waals surface area contributed by atoms with Crippen LogP contribution in [0.15, 0.2) is 0 Å². The predicted octanol–water partition coefficient (Wildman–Crippen LogP) is 2.21. The summed E-state index contributed by atoms with van der Waals surface area (Å²) < 4.78 is 0. The Morgan fingerprint density at radius 3 is 2.00 bits per heavy atom. The van der Waals surface area contributed by atoms with Crippen LogP contribution in [0.2, 0.25) is 0 Å². The monoisotopic (exact) mass is 392 g/mol. The molecule has 3 fully saturated rings. The van der Waals surface area contributed by atoms with E-state index in [1.165, 1.54) is 19.3 Å². The van der Waals surface area contributed by atoms with E-state index in [1.807, 2.05) is 30.6 Å². The highest BCUT2D eigenvalue weighted by Gasteiger charge is 2.40. The summed E-state index contributed by atoms with van der Waals surface area (Å²) in [4.78, 5) is 43.7. The summed E-state index contributed by atoms with van der Waals surface area (Å²) in [7, 11) is 0. The van der Waals surface area contributed by atoms with Crippen LogP contribution in [0.25, 0.3) is 0 Å². The van der Waals surface area contributed by atoms with Crippen LogP contribution in [0, 0.1) is 5.41 Å². The van der Waals surface area contributed by atoms with Gasteiger partial charge < -0.3 is 20.0 Å². The van der Waals surface area contributed by atoms with E-state index in [0.29, 0.717) is 38.8 Å². The minimum Gasteiger partial charge on any atom is -0.337 e. The van der Waals surface area contributed by atoms with Gasteiger partial charge in [0, 0.05) is 44.2 Å². The molecule has 2 heterocycles. The molecule has 0 aromatic heterocycles. The van der Waals surface area contributed by atoms with Gasteiger partial charge in [-0.25, -0.2) is 4.79 Å². The van der Waals surface area contributed by atoms with Crippen molar-refractivity contribution < 1.29 is 14.4 Å². The normalized spacial score (nSPS) is 24.4. The predicted molar refractivity (Wildman–Crippen MR) is 108 cm³/mol. The number of nitrogens with zero attached hydrogens (tertiary/aromatic N) is 3. The van der Waals surface area contributed by atoms with E-state index in [4.69, 9.17) is 0 Å². The molecule has 28 heavy (non-hydrogen) atoms. The lowest BCUT2D eigenvalue weighted by molar-refractivity contribution is -0.149. The topological polar surface area (TPSA) is 73.0 Å². The fraction of sp³-hybridized carbons (Fsp3) is 0.857. The maximum atomic E-state index is 13.0. The summed E-state index contributed by atoms with van der Waals surface area (Å²) >= 11 is 0. The van der Waals surface area contributed by atoms with Crippen molar-refractivity contribution in [1.29, 1.82) is 0 Å². The number of piperazine rings is 1. The molecule has 1 unspecified atom stereocenters. The summed E-state index contributed by atoms with van der Waals surface area (Å²) in [6.45, 7) is 8.58. The van der Waals surface area contributed by atoms with Crippen LogP contribution in [0.4, 0.5) is 4.79 Å². The van der Waals surface area contributed by atoms with Crippen LogP contribution in [-0.2, 0) is 9.59 Å². The minimum atomic E-state index is -0.473. The first-order chi connectivity index (χ1) is 13.3. The lowest BCUT2D eigenvalue weighted by atomic mass is 9.94. The van der Waals surface area contributed by atoms with Gasteiger partial charge in [0.25, 0.3) is 0 Å².